The van der Waals surface area contributed by atoms with Gasteiger partial charge in [0.2, 0.25) is 5.78 Å². The van der Waals surface area contributed by atoms with Crippen molar-refractivity contribution < 1.29 is 9.59 Å². The molecule has 0 aliphatic carbocycles. The molecule has 4 aromatic rings. The Kier molecular flexibility index (Phi) is 7.35. The molecule has 0 bridgehead atoms. The van der Waals surface area contributed by atoms with E-state index in [1.165, 1.54) is 11.8 Å². The van der Waals surface area contributed by atoms with Gasteiger partial charge in [-0.1, -0.05) is 62.4 Å². The molecule has 182 valence electrons. The molecule has 0 radical (unpaired) electrons. The van der Waals surface area contributed by atoms with E-state index in [0.717, 1.165) is 12.0 Å². The molecule has 0 unspecified atom stereocenters. The van der Waals surface area contributed by atoms with Crippen molar-refractivity contribution >= 4 is 40.1 Å². The van der Waals surface area contributed by atoms with E-state index >= 15 is 0 Å². The van der Waals surface area contributed by atoms with Crippen LogP contribution in [0.1, 0.15) is 53.5 Å². The zero-order valence-corrected chi connectivity index (χ0v) is 21.2. The molecular weight excluding hydrogens is 462 g/mol. The summed E-state index contributed by atoms with van der Waals surface area (Å²) in [6.07, 6.45) is 0.748. The van der Waals surface area contributed by atoms with Crippen LogP contribution < -0.4 is 10.9 Å². The maximum Gasteiger partial charge on any atom is 0.262 e. The predicted molar refractivity (Wildman–Crippen MR) is 138 cm³/mol. The number of fused-ring (bicyclic) bond motifs is 3. The van der Waals surface area contributed by atoms with Crippen molar-refractivity contribution in [2.45, 2.75) is 45.8 Å². The summed E-state index contributed by atoms with van der Waals surface area (Å²) in [4.78, 5) is 38.7. The number of benzene rings is 2. The van der Waals surface area contributed by atoms with Crippen LogP contribution in [0, 0.1) is 12.8 Å². The van der Waals surface area contributed by atoms with Crippen molar-refractivity contribution in [1.29, 1.82) is 0 Å². The quantitative estimate of drug-likeness (QED) is 0.279. The Balaban J connectivity index is 1.77. The molecule has 1 amide bonds. The minimum Gasteiger partial charge on any atom is -0.352 e. The minimum atomic E-state index is -0.205. The molecule has 1 N–H and O–H groups in total. The Labute approximate surface area is 207 Å². The molecule has 8 nitrogen and oxygen atoms in total. The molecule has 0 aliphatic rings. The number of aryl methyl sites for hydroxylation is 2. The Hall–Kier alpha value is -3.46. The highest BCUT2D eigenvalue weighted by Crippen LogP contribution is 2.24. The second kappa shape index (κ2) is 10.4. The third-order valence-corrected chi connectivity index (χ3v) is 6.59. The van der Waals surface area contributed by atoms with E-state index in [1.54, 1.807) is 27.2 Å². The number of hydrogen-bond acceptors (Lipinski definition) is 6. The molecular formula is C26H29N5O3S. The van der Waals surface area contributed by atoms with E-state index in [1.807, 2.05) is 52.0 Å². The number of thioether (sulfide) groups is 1. The summed E-state index contributed by atoms with van der Waals surface area (Å²) in [6.45, 7) is 9.06. The van der Waals surface area contributed by atoms with Crippen LogP contribution in [0.4, 0.5) is 0 Å². The van der Waals surface area contributed by atoms with Crippen LogP contribution in [-0.2, 0) is 6.54 Å². The number of ketones is 1. The molecule has 4 rings (SSSR count). The van der Waals surface area contributed by atoms with Gasteiger partial charge in [-0.05, 0) is 37.5 Å². The number of carbonyl (C=O) groups excluding carboxylic acids is 2. The number of Topliss-reactive ketones (excluding diaryl/α,β-unsaturated/α-hetero) is 1. The number of nitrogens with one attached hydrogen (secondary N) is 1. The highest BCUT2D eigenvalue weighted by atomic mass is 32.2. The van der Waals surface area contributed by atoms with Gasteiger partial charge in [0.1, 0.15) is 0 Å². The third-order valence-electron chi connectivity index (χ3n) is 5.66. The maximum atomic E-state index is 13.2. The van der Waals surface area contributed by atoms with Gasteiger partial charge in [-0.15, -0.1) is 10.2 Å². The molecule has 2 aromatic heterocycles. The molecule has 0 aliphatic heterocycles. The Morgan fingerprint density at radius 3 is 2.46 bits per heavy atom. The Morgan fingerprint density at radius 1 is 1.06 bits per heavy atom. The zero-order valence-electron chi connectivity index (χ0n) is 20.4. The van der Waals surface area contributed by atoms with Crippen LogP contribution in [0.2, 0.25) is 0 Å². The van der Waals surface area contributed by atoms with Gasteiger partial charge >= 0.3 is 0 Å². The fraction of sp³-hybridized carbons (Fsp3) is 0.346. The normalized spacial score (nSPS) is 11.5. The first kappa shape index (κ1) is 24.7. The number of carbonyl (C=O) groups is 2. The van der Waals surface area contributed by atoms with Crippen molar-refractivity contribution in [2.24, 2.45) is 5.92 Å². The van der Waals surface area contributed by atoms with Crippen molar-refractivity contribution in [1.82, 2.24) is 24.5 Å². The fourth-order valence-corrected chi connectivity index (χ4v) is 4.63. The predicted octanol–water partition coefficient (Wildman–Crippen LogP) is 4.12. The number of hydrogen-bond donors (Lipinski definition) is 1. The van der Waals surface area contributed by atoms with Gasteiger partial charge in [-0.25, -0.2) is 0 Å². The van der Waals surface area contributed by atoms with Gasteiger partial charge < -0.3 is 5.32 Å². The second-order valence-corrected chi connectivity index (χ2v) is 9.93. The standard InChI is InChI=1S/C26H29N5O3S/c1-5-12-30-24(34)20-11-10-19(23(33)27-14-16(2)3)13-21(20)31-25(30)28-29-26(31)35-15-22(32)18-8-6-17(4)7-9-18/h6-11,13,16H,5,12,14-15H2,1-4H3,(H,27,33). The molecule has 0 fully saturated rings. The average molecular weight is 492 g/mol. The SMILES string of the molecule is CCCn1c(=O)c2ccc(C(=O)NCC(C)C)cc2n2c(SCC(=O)c3ccc(C)cc3)nnc12. The first-order chi connectivity index (χ1) is 16.8. The van der Waals surface area contributed by atoms with E-state index < -0.39 is 0 Å². The van der Waals surface area contributed by atoms with E-state index in [2.05, 4.69) is 15.5 Å². The van der Waals surface area contributed by atoms with Gasteiger partial charge in [-0.2, -0.15) is 0 Å². The van der Waals surface area contributed by atoms with Crippen LogP contribution in [0.5, 0.6) is 0 Å². The second-order valence-electron chi connectivity index (χ2n) is 8.99. The number of rotatable bonds is 9. The average Bonchev–Trinajstić information content (AvgIpc) is 3.27. The van der Waals surface area contributed by atoms with Crippen LogP contribution in [0.25, 0.3) is 16.7 Å². The summed E-state index contributed by atoms with van der Waals surface area (Å²) in [7, 11) is 0. The summed E-state index contributed by atoms with van der Waals surface area (Å²) in [6, 6.07) is 12.5. The van der Waals surface area contributed by atoms with E-state index in [4.69, 9.17) is 0 Å². The van der Waals surface area contributed by atoms with Gasteiger partial charge in [0.05, 0.1) is 16.7 Å². The summed E-state index contributed by atoms with van der Waals surface area (Å²) < 4.78 is 3.37. The third kappa shape index (κ3) is 5.14. The smallest absolute Gasteiger partial charge is 0.262 e. The lowest BCUT2D eigenvalue weighted by molar-refractivity contribution is 0.0948. The fourth-order valence-electron chi connectivity index (χ4n) is 3.79. The number of aromatic nitrogens is 4. The molecule has 2 aromatic carbocycles. The summed E-state index contributed by atoms with van der Waals surface area (Å²) >= 11 is 1.26. The monoisotopic (exact) mass is 491 g/mol. The molecule has 0 saturated heterocycles. The molecule has 35 heavy (non-hydrogen) atoms. The van der Waals surface area contributed by atoms with Gasteiger partial charge in [0, 0.05) is 24.2 Å². The van der Waals surface area contributed by atoms with Crippen molar-refractivity contribution in [2.75, 3.05) is 12.3 Å². The largest absolute Gasteiger partial charge is 0.352 e. The van der Waals surface area contributed by atoms with Gasteiger partial charge in [-0.3, -0.25) is 23.4 Å². The highest BCUT2D eigenvalue weighted by molar-refractivity contribution is 7.99. The molecule has 0 saturated carbocycles. The van der Waals surface area contributed by atoms with Crippen LogP contribution in [0.15, 0.2) is 52.4 Å². The van der Waals surface area contributed by atoms with E-state index in [-0.39, 0.29) is 23.0 Å². The first-order valence-electron chi connectivity index (χ1n) is 11.7. The van der Waals surface area contributed by atoms with E-state index in [9.17, 15) is 14.4 Å². The van der Waals surface area contributed by atoms with Crippen LogP contribution in [0.3, 0.4) is 0 Å². The zero-order chi connectivity index (χ0) is 25.1. The van der Waals surface area contributed by atoms with Crippen molar-refractivity contribution in [3.63, 3.8) is 0 Å². The molecule has 9 heteroatoms. The Morgan fingerprint density at radius 2 is 1.77 bits per heavy atom. The lowest BCUT2D eigenvalue weighted by Crippen LogP contribution is -2.28. The van der Waals surface area contributed by atoms with E-state index in [0.29, 0.717) is 52.0 Å². The molecule has 0 atom stereocenters. The lowest BCUT2D eigenvalue weighted by atomic mass is 10.1. The lowest BCUT2D eigenvalue weighted by Gasteiger charge is -2.12. The molecule has 2 heterocycles. The highest BCUT2D eigenvalue weighted by Gasteiger charge is 2.19. The molecule has 0 spiro atoms. The summed E-state index contributed by atoms with van der Waals surface area (Å²) in [5, 5.41) is 12.5. The maximum absolute atomic E-state index is 13.2. The van der Waals surface area contributed by atoms with Gasteiger partial charge in [0.25, 0.3) is 11.5 Å². The Bertz CT molecular complexity index is 1450. The van der Waals surface area contributed by atoms with Gasteiger partial charge in [0.15, 0.2) is 10.9 Å². The topological polar surface area (TPSA) is 98.4 Å². The summed E-state index contributed by atoms with van der Waals surface area (Å²) in [5.41, 5.74) is 2.54. The van der Waals surface area contributed by atoms with Crippen LogP contribution in [-0.4, -0.2) is 43.2 Å². The first-order valence-corrected chi connectivity index (χ1v) is 12.7. The van der Waals surface area contributed by atoms with Crippen LogP contribution >= 0.6 is 11.8 Å². The van der Waals surface area contributed by atoms with Crippen molar-refractivity contribution in [3.8, 4) is 0 Å². The van der Waals surface area contributed by atoms with Crippen molar-refractivity contribution in [3.05, 3.63) is 69.5 Å². The summed E-state index contributed by atoms with van der Waals surface area (Å²) in [5.74, 6) is 0.663. The number of nitrogens with zero attached hydrogens (tertiary/aromatic N) is 4. The number of amides is 1. The minimum absolute atomic E-state index is 0.0216.